The SMILES string of the molecule is CN1CC2(CC2)Nc2cocc21. The molecular formula is C9H12N2O. The lowest BCUT2D eigenvalue weighted by molar-refractivity contribution is 0.568. The van der Waals surface area contributed by atoms with Gasteiger partial charge >= 0.3 is 0 Å². The van der Waals surface area contributed by atoms with Crippen molar-refractivity contribution in [3.05, 3.63) is 12.5 Å². The number of hydrogen-bond acceptors (Lipinski definition) is 3. The Kier molecular flexibility index (Phi) is 0.953. The number of nitrogens with zero attached hydrogens (tertiary/aromatic N) is 1. The molecule has 1 saturated carbocycles. The lowest BCUT2D eigenvalue weighted by Gasteiger charge is -2.32. The molecule has 2 heterocycles. The van der Waals surface area contributed by atoms with E-state index in [2.05, 4.69) is 17.3 Å². The predicted molar refractivity (Wildman–Crippen MR) is 47.6 cm³/mol. The number of hydrogen-bond donors (Lipinski definition) is 1. The van der Waals surface area contributed by atoms with Crippen molar-refractivity contribution < 1.29 is 4.42 Å². The summed E-state index contributed by atoms with van der Waals surface area (Å²) >= 11 is 0. The van der Waals surface area contributed by atoms with Crippen molar-refractivity contribution >= 4 is 11.4 Å². The van der Waals surface area contributed by atoms with Gasteiger partial charge < -0.3 is 14.6 Å². The van der Waals surface area contributed by atoms with Crippen LogP contribution in [-0.4, -0.2) is 19.1 Å². The Morgan fingerprint density at radius 3 is 3.08 bits per heavy atom. The van der Waals surface area contributed by atoms with Crippen LogP contribution < -0.4 is 10.2 Å². The zero-order chi connectivity index (χ0) is 8.18. The van der Waals surface area contributed by atoms with Crippen LogP contribution in [0, 0.1) is 0 Å². The summed E-state index contributed by atoms with van der Waals surface area (Å²) in [4.78, 5) is 2.27. The van der Waals surface area contributed by atoms with Crippen LogP contribution in [-0.2, 0) is 0 Å². The highest BCUT2D eigenvalue weighted by Gasteiger charge is 2.46. The van der Waals surface area contributed by atoms with Crippen molar-refractivity contribution in [1.29, 1.82) is 0 Å². The van der Waals surface area contributed by atoms with E-state index in [1.54, 1.807) is 12.5 Å². The van der Waals surface area contributed by atoms with Gasteiger partial charge in [-0.1, -0.05) is 0 Å². The lowest BCUT2D eigenvalue weighted by Crippen LogP contribution is -2.40. The third kappa shape index (κ3) is 0.709. The molecule has 0 atom stereocenters. The first-order chi connectivity index (χ1) is 5.79. The van der Waals surface area contributed by atoms with E-state index in [1.807, 2.05) is 0 Å². The van der Waals surface area contributed by atoms with Gasteiger partial charge in [-0.25, -0.2) is 0 Å². The summed E-state index contributed by atoms with van der Waals surface area (Å²) in [5.41, 5.74) is 2.72. The second-order valence-corrected chi connectivity index (χ2v) is 3.93. The maximum absolute atomic E-state index is 5.15. The van der Waals surface area contributed by atoms with Crippen LogP contribution in [0.15, 0.2) is 16.9 Å². The quantitative estimate of drug-likeness (QED) is 0.632. The summed E-state index contributed by atoms with van der Waals surface area (Å²) in [5, 5.41) is 3.52. The molecule has 1 aliphatic carbocycles. The smallest absolute Gasteiger partial charge is 0.116 e. The van der Waals surface area contributed by atoms with E-state index in [9.17, 15) is 0 Å². The molecule has 1 fully saturated rings. The van der Waals surface area contributed by atoms with Crippen LogP contribution in [0.5, 0.6) is 0 Å². The minimum absolute atomic E-state index is 0.381. The van der Waals surface area contributed by atoms with E-state index < -0.39 is 0 Å². The van der Waals surface area contributed by atoms with E-state index in [4.69, 9.17) is 4.42 Å². The Balaban J connectivity index is 2.04. The molecule has 3 rings (SSSR count). The summed E-state index contributed by atoms with van der Waals surface area (Å²) in [6.07, 6.45) is 6.19. The van der Waals surface area contributed by atoms with Crippen molar-refractivity contribution in [3.63, 3.8) is 0 Å². The third-order valence-corrected chi connectivity index (χ3v) is 2.85. The lowest BCUT2D eigenvalue weighted by atomic mass is 10.1. The van der Waals surface area contributed by atoms with Crippen LogP contribution in [0.2, 0.25) is 0 Å². The van der Waals surface area contributed by atoms with Gasteiger partial charge in [0.25, 0.3) is 0 Å². The molecule has 0 bridgehead atoms. The van der Waals surface area contributed by atoms with E-state index in [-0.39, 0.29) is 0 Å². The fraction of sp³-hybridized carbons (Fsp3) is 0.556. The largest absolute Gasteiger partial charge is 0.468 e. The first-order valence-electron chi connectivity index (χ1n) is 4.35. The molecule has 1 aromatic rings. The Morgan fingerprint density at radius 1 is 1.50 bits per heavy atom. The maximum atomic E-state index is 5.15. The van der Waals surface area contributed by atoms with Gasteiger partial charge in [-0.15, -0.1) is 0 Å². The fourth-order valence-corrected chi connectivity index (χ4v) is 1.98. The van der Waals surface area contributed by atoms with Crippen molar-refractivity contribution in [2.45, 2.75) is 18.4 Å². The highest BCUT2D eigenvalue weighted by atomic mass is 16.3. The van der Waals surface area contributed by atoms with Crippen LogP contribution in [0.25, 0.3) is 0 Å². The van der Waals surface area contributed by atoms with E-state index in [0.29, 0.717) is 5.54 Å². The van der Waals surface area contributed by atoms with Crippen LogP contribution in [0.3, 0.4) is 0 Å². The zero-order valence-electron chi connectivity index (χ0n) is 7.13. The van der Waals surface area contributed by atoms with Crippen molar-refractivity contribution in [2.24, 2.45) is 0 Å². The summed E-state index contributed by atoms with van der Waals surface area (Å²) in [6, 6.07) is 0. The van der Waals surface area contributed by atoms with Crippen molar-refractivity contribution in [1.82, 2.24) is 0 Å². The first kappa shape index (κ1) is 6.40. The van der Waals surface area contributed by atoms with Crippen LogP contribution in [0.4, 0.5) is 11.4 Å². The molecule has 1 aromatic heterocycles. The Bertz CT molecular complexity index is 314. The average molecular weight is 164 g/mol. The minimum Gasteiger partial charge on any atom is -0.468 e. The molecule has 1 spiro atoms. The molecule has 0 saturated heterocycles. The topological polar surface area (TPSA) is 28.4 Å². The monoisotopic (exact) mass is 164 g/mol. The fourth-order valence-electron chi connectivity index (χ4n) is 1.98. The van der Waals surface area contributed by atoms with Gasteiger partial charge in [-0.2, -0.15) is 0 Å². The predicted octanol–water partition coefficient (Wildman–Crippen LogP) is 1.67. The van der Waals surface area contributed by atoms with E-state index >= 15 is 0 Å². The average Bonchev–Trinajstić information content (AvgIpc) is 2.63. The van der Waals surface area contributed by atoms with Gasteiger partial charge in [-0.3, -0.25) is 0 Å². The van der Waals surface area contributed by atoms with Gasteiger partial charge in [0.1, 0.15) is 12.5 Å². The molecule has 0 unspecified atom stereocenters. The molecule has 2 aliphatic rings. The maximum Gasteiger partial charge on any atom is 0.116 e. The van der Waals surface area contributed by atoms with Crippen molar-refractivity contribution in [2.75, 3.05) is 23.8 Å². The summed E-state index contributed by atoms with van der Waals surface area (Å²) in [7, 11) is 2.12. The highest BCUT2D eigenvalue weighted by molar-refractivity contribution is 5.72. The normalized spacial score (nSPS) is 23.6. The Hall–Kier alpha value is -1.12. The first-order valence-corrected chi connectivity index (χ1v) is 4.35. The van der Waals surface area contributed by atoms with Gasteiger partial charge in [0, 0.05) is 13.6 Å². The Labute approximate surface area is 71.3 Å². The molecule has 0 aromatic carbocycles. The summed E-state index contributed by atoms with van der Waals surface area (Å²) < 4.78 is 5.15. The molecule has 0 amide bonds. The summed E-state index contributed by atoms with van der Waals surface area (Å²) in [6.45, 7) is 1.11. The number of anilines is 2. The highest BCUT2D eigenvalue weighted by Crippen LogP contribution is 2.46. The van der Waals surface area contributed by atoms with Gasteiger partial charge in [0.05, 0.1) is 16.9 Å². The van der Waals surface area contributed by atoms with Gasteiger partial charge in [-0.05, 0) is 12.8 Å². The molecular weight excluding hydrogens is 152 g/mol. The second kappa shape index (κ2) is 1.79. The minimum atomic E-state index is 0.381. The third-order valence-electron chi connectivity index (χ3n) is 2.85. The molecule has 1 aliphatic heterocycles. The molecule has 1 N–H and O–H groups in total. The van der Waals surface area contributed by atoms with Crippen LogP contribution >= 0.6 is 0 Å². The zero-order valence-corrected chi connectivity index (χ0v) is 7.13. The Morgan fingerprint density at radius 2 is 2.33 bits per heavy atom. The molecule has 3 heteroatoms. The summed E-state index contributed by atoms with van der Waals surface area (Å²) in [5.74, 6) is 0. The number of furan rings is 1. The number of likely N-dealkylation sites (N-methyl/N-ethyl adjacent to an activating group) is 1. The van der Waals surface area contributed by atoms with Gasteiger partial charge in [0.2, 0.25) is 0 Å². The second-order valence-electron chi connectivity index (χ2n) is 3.93. The molecule has 12 heavy (non-hydrogen) atoms. The molecule has 64 valence electrons. The number of nitrogens with one attached hydrogen (secondary N) is 1. The van der Waals surface area contributed by atoms with Gasteiger partial charge in [0.15, 0.2) is 0 Å². The number of rotatable bonds is 0. The van der Waals surface area contributed by atoms with E-state index in [1.165, 1.54) is 18.5 Å². The van der Waals surface area contributed by atoms with Crippen LogP contribution in [0.1, 0.15) is 12.8 Å². The molecule has 3 nitrogen and oxygen atoms in total. The molecule has 0 radical (unpaired) electrons. The van der Waals surface area contributed by atoms with Crippen molar-refractivity contribution in [3.8, 4) is 0 Å². The standard InChI is InChI=1S/C9H12N2O/c1-11-6-9(2-3-9)10-7-4-12-5-8(7)11/h4-5,10H,2-3,6H2,1H3. The number of fused-ring (bicyclic) bond motifs is 1. The van der Waals surface area contributed by atoms with E-state index in [0.717, 1.165) is 12.2 Å².